The maximum atomic E-state index is 12.9. The zero-order chi connectivity index (χ0) is 15.0. The first-order chi connectivity index (χ1) is 10.1. The number of carboxylic acid groups (broad SMARTS) is 1. The molecule has 2 aliphatic heterocycles. The van der Waals surface area contributed by atoms with Gasteiger partial charge in [-0.1, -0.05) is 25.1 Å². The van der Waals surface area contributed by atoms with Crippen molar-refractivity contribution in [1.29, 1.82) is 0 Å². The molecule has 4 nitrogen and oxygen atoms in total. The summed E-state index contributed by atoms with van der Waals surface area (Å²) in [6.45, 7) is 2.49. The Morgan fingerprint density at radius 3 is 2.86 bits per heavy atom. The lowest BCUT2D eigenvalue weighted by Gasteiger charge is -2.38. The number of carbonyl (C=O) groups excluding carboxylic acids is 1. The van der Waals surface area contributed by atoms with Crippen molar-refractivity contribution in [2.75, 3.05) is 12.3 Å². The first-order valence-electron chi connectivity index (χ1n) is 7.34. The van der Waals surface area contributed by atoms with Crippen LogP contribution < -0.4 is 0 Å². The van der Waals surface area contributed by atoms with Crippen molar-refractivity contribution in [2.24, 2.45) is 5.92 Å². The third-order valence-electron chi connectivity index (χ3n) is 4.47. The molecule has 5 heteroatoms. The first kappa shape index (κ1) is 14.4. The summed E-state index contributed by atoms with van der Waals surface area (Å²) in [5.74, 6) is -0.362. The average molecular weight is 305 g/mol. The Labute approximate surface area is 128 Å². The number of amides is 1. The number of rotatable bonds is 2. The number of hydrogen-bond acceptors (Lipinski definition) is 3. The molecule has 3 atom stereocenters. The van der Waals surface area contributed by atoms with E-state index in [1.54, 1.807) is 16.7 Å². The van der Waals surface area contributed by atoms with E-state index in [2.05, 4.69) is 0 Å². The van der Waals surface area contributed by atoms with Gasteiger partial charge < -0.3 is 10.0 Å². The summed E-state index contributed by atoms with van der Waals surface area (Å²) in [7, 11) is 0. The molecule has 3 unspecified atom stereocenters. The Morgan fingerprint density at radius 1 is 1.33 bits per heavy atom. The van der Waals surface area contributed by atoms with E-state index >= 15 is 0 Å². The molecule has 0 aliphatic carbocycles. The quantitative estimate of drug-likeness (QED) is 0.912. The van der Waals surface area contributed by atoms with Gasteiger partial charge in [0.05, 0.1) is 5.92 Å². The van der Waals surface area contributed by atoms with Crippen LogP contribution in [0.5, 0.6) is 0 Å². The van der Waals surface area contributed by atoms with Gasteiger partial charge in [0.25, 0.3) is 0 Å². The van der Waals surface area contributed by atoms with E-state index in [0.717, 1.165) is 29.1 Å². The Kier molecular flexibility index (Phi) is 3.93. The van der Waals surface area contributed by atoms with Crippen LogP contribution in [0.15, 0.2) is 29.2 Å². The van der Waals surface area contributed by atoms with Gasteiger partial charge >= 0.3 is 5.97 Å². The van der Waals surface area contributed by atoms with Crippen molar-refractivity contribution in [2.45, 2.75) is 36.6 Å². The van der Waals surface area contributed by atoms with E-state index in [1.165, 1.54) is 0 Å². The van der Waals surface area contributed by atoms with E-state index in [1.807, 2.05) is 31.2 Å². The van der Waals surface area contributed by atoms with E-state index in [4.69, 9.17) is 0 Å². The lowest BCUT2D eigenvalue weighted by Crippen LogP contribution is -2.53. The van der Waals surface area contributed by atoms with Crippen molar-refractivity contribution in [3.8, 4) is 0 Å². The van der Waals surface area contributed by atoms with Crippen LogP contribution in [0.2, 0.25) is 0 Å². The van der Waals surface area contributed by atoms with E-state index in [0.29, 0.717) is 6.54 Å². The number of nitrogens with zero attached hydrogens (tertiary/aromatic N) is 1. The molecule has 0 aromatic heterocycles. The molecule has 1 amide bonds. The Balaban J connectivity index is 1.86. The zero-order valence-corrected chi connectivity index (χ0v) is 12.8. The fourth-order valence-corrected chi connectivity index (χ4v) is 4.60. The van der Waals surface area contributed by atoms with E-state index in [-0.39, 0.29) is 17.7 Å². The van der Waals surface area contributed by atoms with Crippen LogP contribution in [0, 0.1) is 5.92 Å². The summed E-state index contributed by atoms with van der Waals surface area (Å²) in [5, 5.41) is 9.47. The van der Waals surface area contributed by atoms with E-state index in [9.17, 15) is 14.7 Å². The molecule has 0 saturated carbocycles. The highest BCUT2D eigenvalue weighted by molar-refractivity contribution is 7.99. The van der Waals surface area contributed by atoms with Crippen molar-refractivity contribution >= 4 is 23.6 Å². The van der Waals surface area contributed by atoms with Crippen LogP contribution >= 0.6 is 11.8 Å². The van der Waals surface area contributed by atoms with Crippen LogP contribution in [-0.4, -0.2) is 40.2 Å². The number of fused-ring (bicyclic) bond motifs is 1. The molecule has 0 spiro atoms. The topological polar surface area (TPSA) is 57.6 Å². The standard InChI is InChI=1S/C16H19NO3S/c1-10-5-4-8-17(14(10)16(19)20)15(18)12-9-21-13-7-3-2-6-11(12)13/h2-3,6-7,10,12,14H,4-5,8-9H2,1H3,(H,19,20). The van der Waals surface area contributed by atoms with Gasteiger partial charge in [0.1, 0.15) is 6.04 Å². The Hall–Kier alpha value is -1.49. The molecule has 2 aliphatic rings. The maximum absolute atomic E-state index is 12.9. The van der Waals surface area contributed by atoms with Gasteiger partial charge in [-0.2, -0.15) is 0 Å². The van der Waals surface area contributed by atoms with Crippen molar-refractivity contribution in [3.63, 3.8) is 0 Å². The van der Waals surface area contributed by atoms with E-state index < -0.39 is 12.0 Å². The highest BCUT2D eigenvalue weighted by Crippen LogP contribution is 2.41. The molecule has 1 aromatic carbocycles. The third-order valence-corrected chi connectivity index (χ3v) is 5.65. The Morgan fingerprint density at radius 2 is 2.10 bits per heavy atom. The summed E-state index contributed by atoms with van der Waals surface area (Å²) in [4.78, 5) is 27.2. The molecular weight excluding hydrogens is 286 g/mol. The highest BCUT2D eigenvalue weighted by Gasteiger charge is 2.41. The van der Waals surface area contributed by atoms with Crippen LogP contribution in [0.1, 0.15) is 31.2 Å². The smallest absolute Gasteiger partial charge is 0.326 e. The predicted molar refractivity (Wildman–Crippen MR) is 81.4 cm³/mol. The van der Waals surface area contributed by atoms with Gasteiger partial charge in [-0.05, 0) is 30.4 Å². The molecule has 1 N–H and O–H groups in total. The summed E-state index contributed by atoms with van der Waals surface area (Å²) in [6, 6.07) is 7.26. The largest absolute Gasteiger partial charge is 0.480 e. The maximum Gasteiger partial charge on any atom is 0.326 e. The molecule has 3 rings (SSSR count). The fraction of sp³-hybridized carbons (Fsp3) is 0.500. The lowest BCUT2D eigenvalue weighted by molar-refractivity contribution is -0.155. The number of piperidine rings is 1. The molecule has 2 heterocycles. The van der Waals surface area contributed by atoms with Crippen LogP contribution in [0.4, 0.5) is 0 Å². The molecule has 1 aromatic rings. The molecule has 0 bridgehead atoms. The van der Waals surface area contributed by atoms with Crippen LogP contribution in [0.3, 0.4) is 0 Å². The van der Waals surface area contributed by atoms with Crippen LogP contribution in [0.25, 0.3) is 0 Å². The number of benzene rings is 1. The number of hydrogen-bond donors (Lipinski definition) is 1. The fourth-order valence-electron chi connectivity index (χ4n) is 3.38. The van der Waals surface area contributed by atoms with Crippen molar-refractivity contribution in [3.05, 3.63) is 29.8 Å². The first-order valence-corrected chi connectivity index (χ1v) is 8.33. The highest BCUT2D eigenvalue weighted by atomic mass is 32.2. The third kappa shape index (κ3) is 2.55. The minimum Gasteiger partial charge on any atom is -0.480 e. The predicted octanol–water partition coefficient (Wildman–Crippen LogP) is 2.59. The number of aliphatic carboxylic acids is 1. The second-order valence-corrected chi connectivity index (χ2v) is 6.90. The minimum absolute atomic E-state index is 0.0181. The Bertz CT molecular complexity index is 574. The van der Waals surface area contributed by atoms with Crippen LogP contribution in [-0.2, 0) is 9.59 Å². The zero-order valence-electron chi connectivity index (χ0n) is 12.0. The van der Waals surface area contributed by atoms with Gasteiger partial charge in [-0.3, -0.25) is 4.79 Å². The van der Waals surface area contributed by atoms with Gasteiger partial charge in [0.2, 0.25) is 5.91 Å². The normalized spacial score (nSPS) is 28.2. The number of thioether (sulfide) groups is 1. The summed E-state index contributed by atoms with van der Waals surface area (Å²) in [5.41, 5.74) is 1.05. The molecule has 1 saturated heterocycles. The monoisotopic (exact) mass is 305 g/mol. The molecule has 21 heavy (non-hydrogen) atoms. The summed E-state index contributed by atoms with van der Waals surface area (Å²) >= 11 is 1.68. The minimum atomic E-state index is -0.880. The second kappa shape index (κ2) is 5.72. The number of likely N-dealkylation sites (tertiary alicyclic amines) is 1. The SMILES string of the molecule is CC1CCCN(C(=O)C2CSc3ccccc32)C1C(=O)O. The number of carbonyl (C=O) groups is 2. The summed E-state index contributed by atoms with van der Waals surface area (Å²) < 4.78 is 0. The lowest BCUT2D eigenvalue weighted by atomic mass is 9.89. The second-order valence-electron chi connectivity index (χ2n) is 5.84. The van der Waals surface area contributed by atoms with Crippen molar-refractivity contribution in [1.82, 2.24) is 4.90 Å². The molecule has 0 radical (unpaired) electrons. The molecule has 112 valence electrons. The molecular formula is C16H19NO3S. The van der Waals surface area contributed by atoms with Gasteiger partial charge in [-0.25, -0.2) is 4.79 Å². The van der Waals surface area contributed by atoms with Crippen molar-refractivity contribution < 1.29 is 14.7 Å². The average Bonchev–Trinajstić information content (AvgIpc) is 2.89. The van der Waals surface area contributed by atoms with Gasteiger partial charge in [0, 0.05) is 17.2 Å². The van der Waals surface area contributed by atoms with Gasteiger partial charge in [0.15, 0.2) is 0 Å². The summed E-state index contributed by atoms with van der Waals surface area (Å²) in [6.07, 6.45) is 1.76. The van der Waals surface area contributed by atoms with Gasteiger partial charge in [-0.15, -0.1) is 11.8 Å². The number of carboxylic acids is 1. The molecule has 1 fully saturated rings.